The van der Waals surface area contributed by atoms with E-state index in [0.29, 0.717) is 11.2 Å². The summed E-state index contributed by atoms with van der Waals surface area (Å²) in [5.74, 6) is 1.55. The zero-order chi connectivity index (χ0) is 13.1. The summed E-state index contributed by atoms with van der Waals surface area (Å²) < 4.78 is 0. The number of halogens is 1. The lowest BCUT2D eigenvalue weighted by molar-refractivity contribution is 0.579. The van der Waals surface area contributed by atoms with E-state index in [9.17, 15) is 0 Å². The van der Waals surface area contributed by atoms with Crippen molar-refractivity contribution < 1.29 is 0 Å². The van der Waals surface area contributed by atoms with Gasteiger partial charge in [-0.05, 0) is 20.8 Å². The fraction of sp³-hybridized carbons (Fsp3) is 0.667. The smallest absolute Gasteiger partial charge is 0.228 e. The molecule has 1 saturated heterocycles. The summed E-state index contributed by atoms with van der Waals surface area (Å²) >= 11 is 6.19. The number of hydrogen-bond acceptors (Lipinski definition) is 5. The van der Waals surface area contributed by atoms with E-state index in [-0.39, 0.29) is 0 Å². The van der Waals surface area contributed by atoms with Crippen LogP contribution in [-0.4, -0.2) is 42.2 Å². The molecule has 0 bridgehead atoms. The highest BCUT2D eigenvalue weighted by atomic mass is 35.5. The maximum absolute atomic E-state index is 6.19. The van der Waals surface area contributed by atoms with Crippen molar-refractivity contribution in [1.29, 1.82) is 0 Å². The van der Waals surface area contributed by atoms with Gasteiger partial charge in [-0.15, -0.1) is 0 Å². The summed E-state index contributed by atoms with van der Waals surface area (Å²) in [7, 11) is 0. The maximum atomic E-state index is 6.19. The molecular formula is C12H20ClN5. The van der Waals surface area contributed by atoms with Crippen molar-refractivity contribution in [2.24, 2.45) is 0 Å². The van der Waals surface area contributed by atoms with Crippen LogP contribution in [0.5, 0.6) is 0 Å². The maximum Gasteiger partial charge on any atom is 0.228 e. The number of nitrogens with zero attached hydrogens (tertiary/aromatic N) is 3. The van der Waals surface area contributed by atoms with Crippen molar-refractivity contribution in [2.45, 2.75) is 26.8 Å². The molecule has 0 amide bonds. The molecule has 18 heavy (non-hydrogen) atoms. The molecule has 0 aliphatic carbocycles. The van der Waals surface area contributed by atoms with E-state index in [1.807, 2.05) is 6.92 Å². The lowest BCUT2D eigenvalue weighted by Crippen LogP contribution is -2.44. The third kappa shape index (κ3) is 3.03. The lowest BCUT2D eigenvalue weighted by atomic mass is 10.3. The normalized spacial score (nSPS) is 16.2. The van der Waals surface area contributed by atoms with Gasteiger partial charge in [0.25, 0.3) is 0 Å². The van der Waals surface area contributed by atoms with Gasteiger partial charge in [-0.2, -0.15) is 4.98 Å². The first-order chi connectivity index (χ1) is 8.58. The summed E-state index contributed by atoms with van der Waals surface area (Å²) in [6, 6.07) is 0.325. The molecule has 100 valence electrons. The van der Waals surface area contributed by atoms with Crippen molar-refractivity contribution in [3.8, 4) is 0 Å². The molecule has 0 aromatic carbocycles. The molecule has 1 aromatic heterocycles. The Kier molecular flexibility index (Phi) is 4.24. The Morgan fingerprint density at radius 1 is 1.28 bits per heavy atom. The highest BCUT2D eigenvalue weighted by molar-refractivity contribution is 6.30. The summed E-state index contributed by atoms with van der Waals surface area (Å²) in [5, 5.41) is 7.16. The Balaban J connectivity index is 2.27. The fourth-order valence-corrected chi connectivity index (χ4v) is 2.06. The Bertz CT molecular complexity index is 415. The predicted octanol–water partition coefficient (Wildman–Crippen LogP) is 1.67. The van der Waals surface area contributed by atoms with E-state index in [2.05, 4.69) is 39.3 Å². The number of aromatic nitrogens is 2. The number of hydrogen-bond donors (Lipinski definition) is 2. The van der Waals surface area contributed by atoms with Gasteiger partial charge in [0, 0.05) is 37.8 Å². The van der Waals surface area contributed by atoms with Crippen LogP contribution in [0.25, 0.3) is 0 Å². The van der Waals surface area contributed by atoms with Crippen LogP contribution in [0.3, 0.4) is 0 Å². The van der Waals surface area contributed by atoms with Gasteiger partial charge in [0.05, 0.1) is 0 Å². The quantitative estimate of drug-likeness (QED) is 0.818. The van der Waals surface area contributed by atoms with E-state index in [0.717, 1.165) is 43.5 Å². The third-order valence-electron chi connectivity index (χ3n) is 2.90. The molecule has 1 aliphatic heterocycles. The molecule has 5 nitrogen and oxygen atoms in total. The van der Waals surface area contributed by atoms with Crippen molar-refractivity contribution >= 4 is 23.4 Å². The molecule has 1 aromatic rings. The molecule has 2 heterocycles. The minimum absolute atomic E-state index is 0.325. The minimum Gasteiger partial charge on any atom is -0.367 e. The van der Waals surface area contributed by atoms with Gasteiger partial charge in [-0.3, -0.25) is 0 Å². The molecule has 2 rings (SSSR count). The van der Waals surface area contributed by atoms with Crippen LogP contribution in [0.1, 0.15) is 19.4 Å². The molecule has 0 unspecified atom stereocenters. The highest BCUT2D eigenvalue weighted by Gasteiger charge is 2.17. The summed E-state index contributed by atoms with van der Waals surface area (Å²) in [5.41, 5.74) is 0.907. The lowest BCUT2D eigenvalue weighted by Gasteiger charge is -2.28. The van der Waals surface area contributed by atoms with Gasteiger partial charge in [-0.1, -0.05) is 11.6 Å². The van der Waals surface area contributed by atoms with Crippen molar-refractivity contribution in [3.63, 3.8) is 0 Å². The van der Waals surface area contributed by atoms with E-state index in [1.54, 1.807) is 0 Å². The first-order valence-electron chi connectivity index (χ1n) is 6.34. The standard InChI is InChI=1S/C12H20ClN5/c1-8(2)15-11-9(3)10(13)16-12(17-11)18-6-4-14-5-7-18/h8,14H,4-7H2,1-3H3,(H,15,16,17). The highest BCUT2D eigenvalue weighted by Crippen LogP contribution is 2.24. The zero-order valence-electron chi connectivity index (χ0n) is 11.1. The monoisotopic (exact) mass is 269 g/mol. The van der Waals surface area contributed by atoms with Crippen LogP contribution >= 0.6 is 11.6 Å². The Labute approximate surface area is 113 Å². The topological polar surface area (TPSA) is 53.1 Å². The van der Waals surface area contributed by atoms with Crippen LogP contribution in [0.15, 0.2) is 0 Å². The Morgan fingerprint density at radius 3 is 2.56 bits per heavy atom. The zero-order valence-corrected chi connectivity index (χ0v) is 11.9. The average Bonchev–Trinajstić information content (AvgIpc) is 2.35. The number of anilines is 2. The summed E-state index contributed by atoms with van der Waals surface area (Å²) in [4.78, 5) is 11.1. The van der Waals surface area contributed by atoms with Gasteiger partial charge in [-0.25, -0.2) is 4.98 Å². The van der Waals surface area contributed by atoms with Gasteiger partial charge in [0.2, 0.25) is 5.95 Å². The minimum atomic E-state index is 0.325. The second-order valence-electron chi connectivity index (χ2n) is 4.82. The number of piperazine rings is 1. The summed E-state index contributed by atoms with van der Waals surface area (Å²) in [6.45, 7) is 9.86. The second kappa shape index (κ2) is 5.71. The van der Waals surface area contributed by atoms with E-state index >= 15 is 0 Å². The van der Waals surface area contributed by atoms with Crippen LogP contribution in [0, 0.1) is 6.92 Å². The molecule has 1 aliphatic rings. The predicted molar refractivity (Wildman–Crippen MR) is 75.6 cm³/mol. The summed E-state index contributed by atoms with van der Waals surface area (Å²) in [6.07, 6.45) is 0. The molecular weight excluding hydrogens is 250 g/mol. The van der Waals surface area contributed by atoms with Crippen molar-refractivity contribution in [2.75, 3.05) is 36.4 Å². The third-order valence-corrected chi connectivity index (χ3v) is 3.27. The van der Waals surface area contributed by atoms with Gasteiger partial charge in [0.15, 0.2) is 0 Å². The van der Waals surface area contributed by atoms with E-state index < -0.39 is 0 Å². The van der Waals surface area contributed by atoms with Crippen LogP contribution < -0.4 is 15.5 Å². The molecule has 0 radical (unpaired) electrons. The molecule has 0 atom stereocenters. The molecule has 1 fully saturated rings. The van der Waals surface area contributed by atoms with Crippen molar-refractivity contribution in [1.82, 2.24) is 15.3 Å². The second-order valence-corrected chi connectivity index (χ2v) is 5.18. The average molecular weight is 270 g/mol. The van der Waals surface area contributed by atoms with Crippen molar-refractivity contribution in [3.05, 3.63) is 10.7 Å². The SMILES string of the molecule is Cc1c(Cl)nc(N2CCNCC2)nc1NC(C)C. The fourth-order valence-electron chi connectivity index (χ4n) is 1.90. The Hall–Kier alpha value is -1.07. The van der Waals surface area contributed by atoms with E-state index in [4.69, 9.17) is 11.6 Å². The molecule has 0 saturated carbocycles. The van der Waals surface area contributed by atoms with Crippen LogP contribution in [0.4, 0.5) is 11.8 Å². The number of rotatable bonds is 3. The van der Waals surface area contributed by atoms with Crippen LogP contribution in [-0.2, 0) is 0 Å². The molecule has 6 heteroatoms. The van der Waals surface area contributed by atoms with Gasteiger partial charge in [0.1, 0.15) is 11.0 Å². The number of nitrogens with one attached hydrogen (secondary N) is 2. The molecule has 2 N–H and O–H groups in total. The van der Waals surface area contributed by atoms with E-state index in [1.165, 1.54) is 0 Å². The van der Waals surface area contributed by atoms with Crippen LogP contribution in [0.2, 0.25) is 5.15 Å². The first-order valence-corrected chi connectivity index (χ1v) is 6.72. The Morgan fingerprint density at radius 2 is 1.94 bits per heavy atom. The van der Waals surface area contributed by atoms with Gasteiger partial charge < -0.3 is 15.5 Å². The van der Waals surface area contributed by atoms with Gasteiger partial charge >= 0.3 is 0 Å². The largest absolute Gasteiger partial charge is 0.367 e. The first kappa shape index (κ1) is 13.4. The molecule has 0 spiro atoms.